The monoisotopic (exact) mass is 290 g/mol. The van der Waals surface area contributed by atoms with Crippen molar-refractivity contribution in [3.05, 3.63) is 52.5 Å². The first-order valence-electron chi connectivity index (χ1n) is 5.44. The lowest BCUT2D eigenvalue weighted by Crippen LogP contribution is -2.13. The normalized spacial score (nSPS) is 10.3. The second-order valence-corrected chi connectivity index (χ2v) is 4.88. The van der Waals surface area contributed by atoms with Gasteiger partial charge in [0.2, 0.25) is 0 Å². The molecule has 0 unspecified atom stereocenters. The number of hydrogen-bond acceptors (Lipinski definition) is 2. The van der Waals surface area contributed by atoms with Crippen LogP contribution in [-0.2, 0) is 0 Å². The molecule has 3 heteroatoms. The smallest absolute Gasteiger partial charge is 0.0671 e. The molecule has 17 heavy (non-hydrogen) atoms. The van der Waals surface area contributed by atoms with Crippen LogP contribution in [0, 0.1) is 6.92 Å². The molecule has 0 heterocycles. The fourth-order valence-electron chi connectivity index (χ4n) is 1.98. The average Bonchev–Trinajstić information content (AvgIpc) is 2.29. The summed E-state index contributed by atoms with van der Waals surface area (Å²) in [6, 6.07) is 14.1. The molecule has 0 aliphatic heterocycles. The minimum absolute atomic E-state index is 0.795. The minimum Gasteiger partial charge on any atom is -0.397 e. The van der Waals surface area contributed by atoms with Gasteiger partial charge in [0.25, 0.3) is 0 Å². The Balaban J connectivity index is 2.51. The molecule has 0 saturated carbocycles. The van der Waals surface area contributed by atoms with Crippen LogP contribution in [0.15, 0.2) is 46.9 Å². The van der Waals surface area contributed by atoms with Crippen LogP contribution in [0.4, 0.5) is 17.1 Å². The van der Waals surface area contributed by atoms with Gasteiger partial charge in [0.05, 0.1) is 17.1 Å². The van der Waals surface area contributed by atoms with Gasteiger partial charge in [0.15, 0.2) is 0 Å². The van der Waals surface area contributed by atoms with Crippen LogP contribution in [0.3, 0.4) is 0 Å². The van der Waals surface area contributed by atoms with Crippen molar-refractivity contribution in [3.8, 4) is 0 Å². The molecule has 88 valence electrons. The third kappa shape index (κ3) is 2.29. The van der Waals surface area contributed by atoms with Gasteiger partial charge in [0.1, 0.15) is 0 Å². The second kappa shape index (κ2) is 4.80. The number of nitrogen functional groups attached to an aromatic ring is 1. The maximum atomic E-state index is 6.05. The van der Waals surface area contributed by atoms with Gasteiger partial charge in [-0.1, -0.05) is 24.3 Å². The fraction of sp³-hybridized carbons (Fsp3) is 0.143. The fourth-order valence-corrected chi connectivity index (χ4v) is 2.53. The molecule has 0 atom stereocenters. The zero-order valence-electron chi connectivity index (χ0n) is 9.94. The number of halogens is 1. The van der Waals surface area contributed by atoms with Gasteiger partial charge in [-0.05, 0) is 46.6 Å². The van der Waals surface area contributed by atoms with Crippen molar-refractivity contribution in [1.29, 1.82) is 0 Å². The molecular formula is C14H15BrN2. The summed E-state index contributed by atoms with van der Waals surface area (Å²) >= 11 is 3.56. The highest BCUT2D eigenvalue weighted by molar-refractivity contribution is 9.10. The van der Waals surface area contributed by atoms with Crippen LogP contribution in [0.2, 0.25) is 0 Å². The highest BCUT2D eigenvalue weighted by Gasteiger charge is 2.12. The summed E-state index contributed by atoms with van der Waals surface area (Å²) in [6.07, 6.45) is 0. The first-order valence-corrected chi connectivity index (χ1v) is 6.24. The van der Waals surface area contributed by atoms with Crippen molar-refractivity contribution in [3.63, 3.8) is 0 Å². The number of rotatable bonds is 2. The summed E-state index contributed by atoms with van der Waals surface area (Å²) in [4.78, 5) is 2.11. The van der Waals surface area contributed by atoms with Crippen molar-refractivity contribution in [1.82, 2.24) is 0 Å². The molecule has 0 saturated heterocycles. The lowest BCUT2D eigenvalue weighted by atomic mass is 10.1. The van der Waals surface area contributed by atoms with E-state index in [0.29, 0.717) is 0 Å². The van der Waals surface area contributed by atoms with E-state index in [1.54, 1.807) is 0 Å². The molecule has 0 aliphatic carbocycles. The van der Waals surface area contributed by atoms with E-state index in [1.807, 2.05) is 37.4 Å². The SMILES string of the molecule is Cc1cccc(N)c1N(C)c1ccccc1Br. The quantitative estimate of drug-likeness (QED) is 0.844. The van der Waals surface area contributed by atoms with E-state index in [9.17, 15) is 0 Å². The summed E-state index contributed by atoms with van der Waals surface area (Å²) in [7, 11) is 2.03. The number of aryl methyl sites for hydroxylation is 1. The van der Waals surface area contributed by atoms with Gasteiger partial charge in [-0.15, -0.1) is 0 Å². The Morgan fingerprint density at radius 1 is 1.06 bits per heavy atom. The average molecular weight is 291 g/mol. The van der Waals surface area contributed by atoms with Crippen LogP contribution >= 0.6 is 15.9 Å². The van der Waals surface area contributed by atoms with Gasteiger partial charge in [-0.2, -0.15) is 0 Å². The number of benzene rings is 2. The number of nitrogens with two attached hydrogens (primary N) is 1. The van der Waals surface area contributed by atoms with Crippen molar-refractivity contribution < 1.29 is 0 Å². The number of anilines is 3. The van der Waals surface area contributed by atoms with E-state index in [2.05, 4.69) is 39.9 Å². The molecule has 0 aliphatic rings. The van der Waals surface area contributed by atoms with Crippen LogP contribution in [0.25, 0.3) is 0 Å². The van der Waals surface area contributed by atoms with Crippen LogP contribution in [0.5, 0.6) is 0 Å². The predicted octanol–water partition coefficient (Wildman–Crippen LogP) is 4.11. The Morgan fingerprint density at radius 3 is 2.41 bits per heavy atom. The number of para-hydroxylation sites is 2. The van der Waals surface area contributed by atoms with E-state index in [4.69, 9.17) is 5.73 Å². The highest BCUT2D eigenvalue weighted by atomic mass is 79.9. The van der Waals surface area contributed by atoms with Crippen LogP contribution < -0.4 is 10.6 Å². The highest BCUT2D eigenvalue weighted by Crippen LogP contribution is 2.35. The van der Waals surface area contributed by atoms with Crippen LogP contribution in [-0.4, -0.2) is 7.05 Å². The Kier molecular flexibility index (Phi) is 3.38. The first-order chi connectivity index (χ1) is 8.11. The molecule has 2 aromatic carbocycles. The van der Waals surface area contributed by atoms with Gasteiger partial charge in [-0.3, -0.25) is 0 Å². The van der Waals surface area contributed by atoms with Crippen molar-refractivity contribution in [2.24, 2.45) is 0 Å². The van der Waals surface area contributed by atoms with Gasteiger partial charge >= 0.3 is 0 Å². The first kappa shape index (κ1) is 12.0. The van der Waals surface area contributed by atoms with E-state index in [0.717, 1.165) is 21.5 Å². The Labute approximate surface area is 110 Å². The lowest BCUT2D eigenvalue weighted by molar-refractivity contribution is 1.18. The summed E-state index contributed by atoms with van der Waals surface area (Å²) in [6.45, 7) is 2.07. The summed E-state index contributed by atoms with van der Waals surface area (Å²) < 4.78 is 1.06. The predicted molar refractivity (Wildman–Crippen MR) is 77.8 cm³/mol. The Bertz CT molecular complexity index is 517. The molecule has 0 radical (unpaired) electrons. The van der Waals surface area contributed by atoms with E-state index >= 15 is 0 Å². The molecule has 0 bridgehead atoms. The molecule has 2 rings (SSSR count). The molecule has 0 amide bonds. The van der Waals surface area contributed by atoms with E-state index in [-0.39, 0.29) is 0 Å². The standard InChI is InChI=1S/C14H15BrN2/c1-10-6-5-8-12(16)14(10)17(2)13-9-4-3-7-11(13)15/h3-9H,16H2,1-2H3. The molecular weight excluding hydrogens is 276 g/mol. The third-order valence-corrected chi connectivity index (χ3v) is 3.49. The molecule has 2 N–H and O–H groups in total. The second-order valence-electron chi connectivity index (χ2n) is 4.02. The molecule has 2 nitrogen and oxygen atoms in total. The number of nitrogens with zero attached hydrogens (tertiary/aromatic N) is 1. The minimum atomic E-state index is 0.795. The zero-order valence-corrected chi connectivity index (χ0v) is 11.5. The summed E-state index contributed by atoms with van der Waals surface area (Å²) in [5.41, 5.74) is 10.2. The maximum Gasteiger partial charge on any atom is 0.0671 e. The molecule has 0 spiro atoms. The van der Waals surface area contributed by atoms with E-state index < -0.39 is 0 Å². The third-order valence-electron chi connectivity index (χ3n) is 2.82. The van der Waals surface area contributed by atoms with Gasteiger partial charge in [0, 0.05) is 11.5 Å². The van der Waals surface area contributed by atoms with Gasteiger partial charge < -0.3 is 10.6 Å². The van der Waals surface area contributed by atoms with E-state index in [1.165, 1.54) is 5.56 Å². The Morgan fingerprint density at radius 2 is 1.76 bits per heavy atom. The topological polar surface area (TPSA) is 29.3 Å². The summed E-state index contributed by atoms with van der Waals surface area (Å²) in [5, 5.41) is 0. The number of hydrogen-bond donors (Lipinski definition) is 1. The molecule has 2 aromatic rings. The lowest BCUT2D eigenvalue weighted by Gasteiger charge is -2.24. The Hall–Kier alpha value is -1.48. The zero-order chi connectivity index (χ0) is 12.4. The summed E-state index contributed by atoms with van der Waals surface area (Å²) in [5.74, 6) is 0. The van der Waals surface area contributed by atoms with Crippen molar-refractivity contribution in [2.75, 3.05) is 17.7 Å². The van der Waals surface area contributed by atoms with Crippen LogP contribution in [0.1, 0.15) is 5.56 Å². The largest absolute Gasteiger partial charge is 0.397 e. The maximum absolute atomic E-state index is 6.05. The molecule has 0 aromatic heterocycles. The van der Waals surface area contributed by atoms with Crippen molar-refractivity contribution >= 4 is 33.0 Å². The van der Waals surface area contributed by atoms with Gasteiger partial charge in [-0.25, -0.2) is 0 Å². The molecule has 0 fully saturated rings. The van der Waals surface area contributed by atoms with Crippen molar-refractivity contribution in [2.45, 2.75) is 6.92 Å².